The van der Waals surface area contributed by atoms with Crippen molar-refractivity contribution in [3.8, 4) is 0 Å². The van der Waals surface area contributed by atoms with E-state index in [-0.39, 0.29) is 16.1 Å². The highest BCUT2D eigenvalue weighted by atomic mass is 32.2. The molecule has 0 atom stereocenters. The highest BCUT2D eigenvalue weighted by Gasteiger charge is 2.38. The molecule has 0 saturated heterocycles. The predicted octanol–water partition coefficient (Wildman–Crippen LogP) is 0.808. The van der Waals surface area contributed by atoms with Gasteiger partial charge >= 0.3 is 5.97 Å². The third-order valence-electron chi connectivity index (χ3n) is 3.43. The predicted molar refractivity (Wildman–Crippen MR) is 89.8 cm³/mol. The second kappa shape index (κ2) is 6.23. The first kappa shape index (κ1) is 19.1. The van der Waals surface area contributed by atoms with Crippen molar-refractivity contribution in [2.75, 3.05) is 25.5 Å². The van der Waals surface area contributed by atoms with Crippen molar-refractivity contribution < 1.29 is 27.5 Å². The molecule has 136 valence electrons. The van der Waals surface area contributed by atoms with Crippen LogP contribution in [0.25, 0.3) is 0 Å². The standard InChI is InChI=1S/C16H20N2O6S/c1-16(2,3)24-13(19)9-18-12-7-6-10(25(22,23)17(4)5)8-11(12)14(20)15(18)21/h6-8H,9H2,1-5H3. The molecule has 25 heavy (non-hydrogen) atoms. The fourth-order valence-corrected chi connectivity index (χ4v) is 3.24. The van der Waals surface area contributed by atoms with Gasteiger partial charge in [-0.15, -0.1) is 0 Å². The number of fused-ring (bicyclic) bond motifs is 1. The molecule has 1 aliphatic rings. The Kier molecular flexibility index (Phi) is 4.75. The largest absolute Gasteiger partial charge is 0.459 e. The number of esters is 1. The monoisotopic (exact) mass is 368 g/mol. The molecule has 8 nitrogen and oxygen atoms in total. The molecule has 1 aromatic rings. The molecule has 0 saturated carbocycles. The molecular weight excluding hydrogens is 348 g/mol. The summed E-state index contributed by atoms with van der Waals surface area (Å²) >= 11 is 0. The van der Waals surface area contributed by atoms with Gasteiger partial charge in [0.15, 0.2) is 0 Å². The van der Waals surface area contributed by atoms with E-state index in [1.165, 1.54) is 26.2 Å². The van der Waals surface area contributed by atoms with Crippen molar-refractivity contribution in [3.63, 3.8) is 0 Å². The molecule has 0 radical (unpaired) electrons. The van der Waals surface area contributed by atoms with Gasteiger partial charge in [0.1, 0.15) is 12.1 Å². The second-order valence-electron chi connectivity index (χ2n) is 6.77. The molecule has 0 aliphatic carbocycles. The van der Waals surface area contributed by atoms with Crippen molar-refractivity contribution >= 4 is 33.4 Å². The summed E-state index contributed by atoms with van der Waals surface area (Å²) in [7, 11) is -1.01. The maximum Gasteiger partial charge on any atom is 0.326 e. The molecule has 1 heterocycles. The van der Waals surface area contributed by atoms with E-state index in [1.807, 2.05) is 0 Å². The van der Waals surface area contributed by atoms with Gasteiger partial charge in [0, 0.05) is 14.1 Å². The minimum absolute atomic E-state index is 0.0449. The molecule has 0 N–H and O–H groups in total. The second-order valence-corrected chi connectivity index (χ2v) is 8.93. The Morgan fingerprint density at radius 1 is 1.20 bits per heavy atom. The molecule has 0 bridgehead atoms. The third kappa shape index (κ3) is 3.72. The number of Topliss-reactive ketones (excluding diaryl/α,β-unsaturated/α-hetero) is 1. The molecule has 1 amide bonds. The lowest BCUT2D eigenvalue weighted by molar-refractivity contribution is -0.153. The van der Waals surface area contributed by atoms with E-state index >= 15 is 0 Å². The first-order valence-electron chi connectivity index (χ1n) is 7.49. The Morgan fingerprint density at radius 3 is 2.32 bits per heavy atom. The molecule has 0 spiro atoms. The van der Waals surface area contributed by atoms with E-state index < -0.39 is 39.8 Å². The smallest absolute Gasteiger partial charge is 0.326 e. The maximum absolute atomic E-state index is 12.2. The summed E-state index contributed by atoms with van der Waals surface area (Å²) in [5.74, 6) is -2.40. The van der Waals surface area contributed by atoms with Crippen LogP contribution in [0.1, 0.15) is 31.1 Å². The van der Waals surface area contributed by atoms with Gasteiger partial charge in [0.25, 0.3) is 11.7 Å². The highest BCUT2D eigenvalue weighted by Crippen LogP contribution is 2.31. The number of hydrogen-bond donors (Lipinski definition) is 0. The van der Waals surface area contributed by atoms with Gasteiger partial charge in [-0.05, 0) is 39.0 Å². The van der Waals surface area contributed by atoms with E-state index in [9.17, 15) is 22.8 Å². The van der Waals surface area contributed by atoms with Gasteiger partial charge in [-0.2, -0.15) is 0 Å². The van der Waals surface area contributed by atoms with Crippen molar-refractivity contribution in [3.05, 3.63) is 23.8 Å². The molecule has 9 heteroatoms. The first-order valence-corrected chi connectivity index (χ1v) is 8.93. The summed E-state index contributed by atoms with van der Waals surface area (Å²) in [5, 5.41) is 0. The zero-order valence-corrected chi connectivity index (χ0v) is 15.5. The number of amides is 1. The van der Waals surface area contributed by atoms with Crippen LogP contribution < -0.4 is 4.90 Å². The van der Waals surface area contributed by atoms with Crippen LogP contribution in [0, 0.1) is 0 Å². The van der Waals surface area contributed by atoms with Gasteiger partial charge in [-0.1, -0.05) is 0 Å². The summed E-state index contributed by atoms with van der Waals surface area (Å²) in [6.45, 7) is 4.64. The highest BCUT2D eigenvalue weighted by molar-refractivity contribution is 7.89. The zero-order valence-electron chi connectivity index (χ0n) is 14.7. The van der Waals surface area contributed by atoms with Crippen LogP contribution in [0.2, 0.25) is 0 Å². The summed E-state index contributed by atoms with van der Waals surface area (Å²) < 4.78 is 30.5. The van der Waals surface area contributed by atoms with Crippen molar-refractivity contribution in [2.45, 2.75) is 31.3 Å². The number of rotatable bonds is 4. The van der Waals surface area contributed by atoms with Crippen molar-refractivity contribution in [2.24, 2.45) is 0 Å². The number of anilines is 1. The van der Waals surface area contributed by atoms with Crippen LogP contribution >= 0.6 is 0 Å². The molecule has 0 fully saturated rings. The van der Waals surface area contributed by atoms with E-state index in [4.69, 9.17) is 4.74 Å². The molecule has 1 aliphatic heterocycles. The Bertz CT molecular complexity index is 852. The van der Waals surface area contributed by atoms with Crippen molar-refractivity contribution in [1.29, 1.82) is 0 Å². The molecular formula is C16H20N2O6S. The topological polar surface area (TPSA) is 101 Å². The summed E-state index contributed by atoms with van der Waals surface area (Å²) in [4.78, 5) is 37.2. The third-order valence-corrected chi connectivity index (χ3v) is 5.24. The summed E-state index contributed by atoms with van der Waals surface area (Å²) in [6.07, 6.45) is 0. The Labute approximate surface area is 146 Å². The Hall–Kier alpha value is -2.26. The molecule has 0 aromatic heterocycles. The van der Waals surface area contributed by atoms with Crippen molar-refractivity contribution in [1.82, 2.24) is 4.31 Å². The van der Waals surface area contributed by atoms with E-state index in [2.05, 4.69) is 0 Å². The van der Waals surface area contributed by atoms with Crippen LogP contribution in [-0.4, -0.2) is 56.6 Å². The van der Waals surface area contributed by atoms with Gasteiger partial charge < -0.3 is 4.74 Å². The molecule has 0 unspecified atom stereocenters. The van der Waals surface area contributed by atoms with Crippen LogP contribution in [0.3, 0.4) is 0 Å². The maximum atomic E-state index is 12.2. The van der Waals surface area contributed by atoms with Crippen LogP contribution in [0.4, 0.5) is 5.69 Å². The van der Waals surface area contributed by atoms with Gasteiger partial charge in [-0.3, -0.25) is 19.3 Å². The quantitative estimate of drug-likeness (QED) is 0.576. The average molecular weight is 368 g/mol. The Morgan fingerprint density at radius 2 is 1.80 bits per heavy atom. The van der Waals surface area contributed by atoms with Crippen LogP contribution in [0.5, 0.6) is 0 Å². The SMILES string of the molecule is CN(C)S(=O)(=O)c1ccc2c(c1)C(=O)C(=O)N2CC(=O)OC(C)(C)C. The molecule has 1 aromatic carbocycles. The fraction of sp³-hybridized carbons (Fsp3) is 0.438. The number of carbonyl (C=O) groups excluding carboxylic acids is 3. The summed E-state index contributed by atoms with van der Waals surface area (Å²) in [6, 6.07) is 3.79. The minimum atomic E-state index is -3.74. The first-order chi connectivity index (χ1) is 11.3. The van der Waals surface area contributed by atoms with Gasteiger partial charge in [0.2, 0.25) is 10.0 Å². The van der Waals surface area contributed by atoms with E-state index in [0.29, 0.717) is 0 Å². The fourth-order valence-electron chi connectivity index (χ4n) is 2.31. The molecule has 2 rings (SSSR count). The Balaban J connectivity index is 2.38. The van der Waals surface area contributed by atoms with Gasteiger partial charge in [0.05, 0.1) is 16.1 Å². The number of nitrogens with zero attached hydrogens (tertiary/aromatic N) is 2. The van der Waals surface area contributed by atoms with Gasteiger partial charge in [-0.25, -0.2) is 12.7 Å². The van der Waals surface area contributed by atoms with E-state index in [1.54, 1.807) is 20.8 Å². The van der Waals surface area contributed by atoms with Crippen LogP contribution in [-0.2, 0) is 24.3 Å². The summed E-state index contributed by atoms with van der Waals surface area (Å²) in [5.41, 5.74) is -0.578. The number of sulfonamides is 1. The average Bonchev–Trinajstić information content (AvgIpc) is 2.70. The number of ether oxygens (including phenoxy) is 1. The number of ketones is 1. The van der Waals surface area contributed by atoms with E-state index in [0.717, 1.165) is 15.3 Å². The minimum Gasteiger partial charge on any atom is -0.459 e. The number of carbonyl (C=O) groups is 3. The lowest BCUT2D eigenvalue weighted by atomic mass is 10.1. The zero-order chi connectivity index (χ0) is 19.2. The number of benzene rings is 1. The normalized spacial score (nSPS) is 14.9. The lowest BCUT2D eigenvalue weighted by Gasteiger charge is -2.22. The lowest BCUT2D eigenvalue weighted by Crippen LogP contribution is -2.38. The van der Waals surface area contributed by atoms with Crippen LogP contribution in [0.15, 0.2) is 23.1 Å². The number of hydrogen-bond acceptors (Lipinski definition) is 6.